The number of hydrogen-bond donors (Lipinski definition) is 2. The molecule has 3 aliphatic rings. The zero-order valence-electron chi connectivity index (χ0n) is 19.0. The van der Waals surface area contributed by atoms with E-state index < -0.39 is 5.41 Å². The van der Waals surface area contributed by atoms with Gasteiger partial charge in [0.15, 0.2) is 0 Å². The molecular formula is C24H31N5O4. The molecule has 2 bridgehead atoms. The molecule has 1 fully saturated rings. The Balaban J connectivity index is 1.60. The quantitative estimate of drug-likeness (QED) is 0.724. The van der Waals surface area contributed by atoms with E-state index in [-0.39, 0.29) is 24.3 Å². The van der Waals surface area contributed by atoms with E-state index in [0.717, 1.165) is 19.3 Å². The average Bonchev–Trinajstić information content (AvgIpc) is 3.39. The summed E-state index contributed by atoms with van der Waals surface area (Å²) in [7, 11) is 1.67. The van der Waals surface area contributed by atoms with Crippen molar-refractivity contribution >= 4 is 17.7 Å². The molecule has 3 amide bonds. The van der Waals surface area contributed by atoms with Gasteiger partial charge in [-0.1, -0.05) is 18.6 Å². The van der Waals surface area contributed by atoms with Gasteiger partial charge in [-0.3, -0.25) is 19.5 Å². The highest BCUT2D eigenvalue weighted by molar-refractivity contribution is 5.97. The van der Waals surface area contributed by atoms with Crippen LogP contribution in [0.5, 0.6) is 5.75 Å². The third-order valence-corrected chi connectivity index (χ3v) is 6.80. The Morgan fingerprint density at radius 1 is 1.06 bits per heavy atom. The van der Waals surface area contributed by atoms with Crippen molar-refractivity contribution in [2.75, 3.05) is 39.8 Å². The molecule has 33 heavy (non-hydrogen) atoms. The molecule has 1 saturated heterocycles. The van der Waals surface area contributed by atoms with Crippen molar-refractivity contribution in [3.8, 4) is 5.75 Å². The minimum Gasteiger partial charge on any atom is -0.491 e. The fraction of sp³-hybridized carbons (Fsp3) is 0.500. The normalized spacial score (nSPS) is 19.1. The minimum absolute atomic E-state index is 0.0352. The molecule has 176 valence electrons. The molecule has 0 atom stereocenters. The third-order valence-electron chi connectivity index (χ3n) is 6.80. The zero-order valence-corrected chi connectivity index (χ0v) is 19.0. The van der Waals surface area contributed by atoms with Crippen LogP contribution in [0.25, 0.3) is 0 Å². The number of carbonyl (C=O) groups excluding carboxylic acids is 3. The molecule has 0 radical (unpaired) electrons. The van der Waals surface area contributed by atoms with E-state index in [9.17, 15) is 14.4 Å². The maximum absolute atomic E-state index is 13.3. The fourth-order valence-corrected chi connectivity index (χ4v) is 4.83. The average molecular weight is 454 g/mol. The van der Waals surface area contributed by atoms with Gasteiger partial charge in [-0.15, -0.1) is 0 Å². The molecule has 0 spiro atoms. The highest BCUT2D eigenvalue weighted by Gasteiger charge is 2.41. The molecule has 2 N–H and O–H groups in total. The maximum atomic E-state index is 13.3. The number of ether oxygens (including phenoxy) is 1. The standard InChI is InChI=1S/C24H31N5O4/c1-25-23(32)24-9-4-5-13-28(22(31)19-8-12-26-27-19)16-17-33-20-7-3-2-6-18(20)21(30)29(14-10-24)15-11-24/h2-3,6-8,12H,4-5,9-11,13-17H2,1H3,(H,25,32)(H,26,27). The van der Waals surface area contributed by atoms with Crippen LogP contribution in [0.1, 0.15) is 53.0 Å². The number of para-hydroxylation sites is 1. The SMILES string of the molecule is CNC(=O)C12CCCCN(C(=O)c3ccn[nH]3)CCOc3ccccc3C(=O)N(CC1)CC2. The molecule has 1 aromatic carbocycles. The largest absolute Gasteiger partial charge is 0.491 e. The lowest BCUT2D eigenvalue weighted by atomic mass is 9.73. The maximum Gasteiger partial charge on any atom is 0.271 e. The number of piperidine rings is 1. The molecular weight excluding hydrogens is 422 g/mol. The van der Waals surface area contributed by atoms with Crippen LogP contribution in [0.4, 0.5) is 0 Å². The number of aromatic amines is 1. The summed E-state index contributed by atoms with van der Waals surface area (Å²) in [4.78, 5) is 42.6. The van der Waals surface area contributed by atoms with Gasteiger partial charge in [0.1, 0.15) is 18.1 Å². The molecule has 5 rings (SSSR count). The Morgan fingerprint density at radius 2 is 1.85 bits per heavy atom. The third kappa shape index (κ3) is 4.86. The Hall–Kier alpha value is -3.36. The monoisotopic (exact) mass is 453 g/mol. The summed E-state index contributed by atoms with van der Waals surface area (Å²) in [5.41, 5.74) is 0.447. The number of fused-ring (bicyclic) bond motifs is 9. The lowest BCUT2D eigenvalue weighted by Crippen LogP contribution is -2.49. The number of nitrogens with zero attached hydrogens (tertiary/aromatic N) is 3. The first kappa shape index (κ1) is 22.8. The van der Waals surface area contributed by atoms with Gasteiger partial charge < -0.3 is 19.9 Å². The molecule has 3 aliphatic heterocycles. The van der Waals surface area contributed by atoms with Gasteiger partial charge in [0.2, 0.25) is 5.91 Å². The van der Waals surface area contributed by atoms with Crippen molar-refractivity contribution in [1.29, 1.82) is 0 Å². The van der Waals surface area contributed by atoms with E-state index in [1.165, 1.54) is 0 Å². The second kappa shape index (κ2) is 10.1. The highest BCUT2D eigenvalue weighted by Crippen LogP contribution is 2.38. The van der Waals surface area contributed by atoms with Crippen LogP contribution in [-0.2, 0) is 4.79 Å². The Bertz CT molecular complexity index is 983. The van der Waals surface area contributed by atoms with Crippen LogP contribution < -0.4 is 10.1 Å². The number of rotatable bonds is 2. The van der Waals surface area contributed by atoms with Crippen molar-refractivity contribution < 1.29 is 19.1 Å². The van der Waals surface area contributed by atoms with E-state index in [4.69, 9.17) is 4.74 Å². The summed E-state index contributed by atoms with van der Waals surface area (Å²) in [6.07, 6.45) is 5.12. The summed E-state index contributed by atoms with van der Waals surface area (Å²) < 4.78 is 5.98. The van der Waals surface area contributed by atoms with E-state index in [2.05, 4.69) is 15.5 Å². The van der Waals surface area contributed by atoms with Crippen LogP contribution in [0.2, 0.25) is 0 Å². The van der Waals surface area contributed by atoms with Gasteiger partial charge in [0.05, 0.1) is 17.5 Å². The second-order valence-corrected chi connectivity index (χ2v) is 8.72. The summed E-state index contributed by atoms with van der Waals surface area (Å²) in [6, 6.07) is 8.86. The van der Waals surface area contributed by atoms with Crippen LogP contribution in [0, 0.1) is 5.41 Å². The molecule has 4 heterocycles. The Kier molecular flexibility index (Phi) is 6.96. The van der Waals surface area contributed by atoms with Crippen LogP contribution in [-0.4, -0.2) is 77.6 Å². The predicted octanol–water partition coefficient (Wildman–Crippen LogP) is 2.08. The fourth-order valence-electron chi connectivity index (χ4n) is 4.83. The molecule has 9 nitrogen and oxygen atoms in total. The smallest absolute Gasteiger partial charge is 0.271 e. The summed E-state index contributed by atoms with van der Waals surface area (Å²) in [5.74, 6) is 0.316. The van der Waals surface area contributed by atoms with Crippen molar-refractivity contribution in [2.24, 2.45) is 5.41 Å². The molecule has 1 aromatic heterocycles. The second-order valence-electron chi connectivity index (χ2n) is 8.72. The number of hydrogen-bond acceptors (Lipinski definition) is 5. The lowest BCUT2D eigenvalue weighted by Gasteiger charge is -2.40. The van der Waals surface area contributed by atoms with Gasteiger partial charge in [-0.05, 0) is 43.9 Å². The molecule has 0 unspecified atom stereocenters. The summed E-state index contributed by atoms with van der Waals surface area (Å²) >= 11 is 0. The Morgan fingerprint density at radius 3 is 2.58 bits per heavy atom. The minimum atomic E-state index is -0.486. The van der Waals surface area contributed by atoms with Gasteiger partial charge in [0, 0.05) is 32.9 Å². The first-order chi connectivity index (χ1) is 16.0. The van der Waals surface area contributed by atoms with Crippen molar-refractivity contribution in [1.82, 2.24) is 25.3 Å². The summed E-state index contributed by atoms with van der Waals surface area (Å²) in [6.45, 7) is 2.27. The molecule has 2 aromatic rings. The number of benzene rings is 1. The van der Waals surface area contributed by atoms with E-state index in [1.54, 1.807) is 36.3 Å². The number of carbonyl (C=O) groups is 3. The van der Waals surface area contributed by atoms with Crippen molar-refractivity contribution in [3.05, 3.63) is 47.8 Å². The highest BCUT2D eigenvalue weighted by atomic mass is 16.5. The van der Waals surface area contributed by atoms with Crippen LogP contribution in [0.15, 0.2) is 36.5 Å². The first-order valence-corrected chi connectivity index (χ1v) is 11.6. The van der Waals surface area contributed by atoms with Gasteiger partial charge in [-0.2, -0.15) is 5.10 Å². The first-order valence-electron chi connectivity index (χ1n) is 11.6. The van der Waals surface area contributed by atoms with E-state index in [1.807, 2.05) is 17.0 Å². The number of amides is 3. The Labute approximate surface area is 193 Å². The number of nitrogens with one attached hydrogen (secondary N) is 2. The molecule has 0 aliphatic carbocycles. The topological polar surface area (TPSA) is 108 Å². The van der Waals surface area contributed by atoms with Gasteiger partial charge in [-0.25, -0.2) is 0 Å². The lowest BCUT2D eigenvalue weighted by molar-refractivity contribution is -0.133. The van der Waals surface area contributed by atoms with E-state index >= 15 is 0 Å². The number of aromatic nitrogens is 2. The summed E-state index contributed by atoms with van der Waals surface area (Å²) in [5, 5.41) is 9.45. The van der Waals surface area contributed by atoms with Crippen molar-refractivity contribution in [2.45, 2.75) is 32.1 Å². The van der Waals surface area contributed by atoms with Gasteiger partial charge >= 0.3 is 0 Å². The predicted molar refractivity (Wildman–Crippen MR) is 122 cm³/mol. The van der Waals surface area contributed by atoms with Crippen molar-refractivity contribution in [3.63, 3.8) is 0 Å². The van der Waals surface area contributed by atoms with Gasteiger partial charge in [0.25, 0.3) is 11.8 Å². The zero-order chi connectivity index (χ0) is 23.3. The molecule has 9 heteroatoms. The molecule has 0 saturated carbocycles. The van der Waals surface area contributed by atoms with Crippen LogP contribution in [0.3, 0.4) is 0 Å². The number of H-pyrrole nitrogens is 1. The van der Waals surface area contributed by atoms with Crippen LogP contribution >= 0.6 is 0 Å². The van der Waals surface area contributed by atoms with E-state index in [0.29, 0.717) is 56.0 Å².